The largest absolute Gasteiger partial charge is 0.357 e. The molecule has 1 aliphatic heterocycles. The van der Waals surface area contributed by atoms with Gasteiger partial charge in [0.2, 0.25) is 0 Å². The molecule has 0 aromatic rings. The Balaban J connectivity index is 2.02. The molecule has 1 aliphatic carbocycles. The fourth-order valence-electron chi connectivity index (χ4n) is 3.77. The molecule has 1 heterocycles. The van der Waals surface area contributed by atoms with E-state index in [1.165, 1.54) is 64.5 Å². The summed E-state index contributed by atoms with van der Waals surface area (Å²) in [7, 11) is 1.91. The lowest BCUT2D eigenvalue weighted by Gasteiger charge is -2.44. The van der Waals surface area contributed by atoms with Crippen molar-refractivity contribution in [3.05, 3.63) is 0 Å². The van der Waals surface area contributed by atoms with Crippen molar-refractivity contribution in [2.75, 3.05) is 26.7 Å². The zero-order valence-corrected chi connectivity index (χ0v) is 12.2. The van der Waals surface area contributed by atoms with Gasteiger partial charge in [-0.3, -0.25) is 4.99 Å². The number of rotatable bonds is 1. The summed E-state index contributed by atoms with van der Waals surface area (Å²) in [4.78, 5) is 6.93. The van der Waals surface area contributed by atoms with Crippen molar-refractivity contribution < 1.29 is 0 Å². The number of aliphatic imine (C=N–C) groups is 1. The highest BCUT2D eigenvalue weighted by molar-refractivity contribution is 5.80. The number of likely N-dealkylation sites (tertiary alicyclic amines) is 1. The van der Waals surface area contributed by atoms with Crippen LogP contribution in [0.15, 0.2) is 4.99 Å². The number of hydrogen-bond donors (Lipinski definition) is 1. The summed E-state index contributed by atoms with van der Waals surface area (Å²) >= 11 is 0. The third kappa shape index (κ3) is 3.18. The van der Waals surface area contributed by atoms with Crippen LogP contribution in [0.1, 0.15) is 58.3 Å². The molecule has 0 bridgehead atoms. The predicted octanol–water partition coefficient (Wildman–Crippen LogP) is 3.02. The maximum absolute atomic E-state index is 4.43. The Bertz CT molecular complexity index is 277. The minimum absolute atomic E-state index is 0.597. The van der Waals surface area contributed by atoms with Gasteiger partial charge in [-0.25, -0.2) is 0 Å². The first-order valence-corrected chi connectivity index (χ1v) is 7.75. The third-order valence-electron chi connectivity index (χ3n) is 4.67. The van der Waals surface area contributed by atoms with Crippen molar-refractivity contribution in [3.8, 4) is 0 Å². The van der Waals surface area contributed by atoms with Gasteiger partial charge < -0.3 is 10.2 Å². The number of hydrogen-bond acceptors (Lipinski definition) is 1. The average Bonchev–Trinajstić information content (AvgIpc) is 2.62. The first-order valence-electron chi connectivity index (χ1n) is 7.75. The van der Waals surface area contributed by atoms with Gasteiger partial charge in [0.25, 0.3) is 0 Å². The van der Waals surface area contributed by atoms with Gasteiger partial charge in [0, 0.05) is 26.7 Å². The van der Waals surface area contributed by atoms with Crippen molar-refractivity contribution >= 4 is 5.96 Å². The van der Waals surface area contributed by atoms with Gasteiger partial charge in [0.15, 0.2) is 5.96 Å². The van der Waals surface area contributed by atoms with Crippen LogP contribution in [0.5, 0.6) is 0 Å². The molecular formula is C15H29N3. The van der Waals surface area contributed by atoms with Gasteiger partial charge in [-0.1, -0.05) is 25.7 Å². The van der Waals surface area contributed by atoms with E-state index in [2.05, 4.69) is 22.1 Å². The molecule has 0 amide bonds. The lowest BCUT2D eigenvalue weighted by Crippen LogP contribution is -2.50. The van der Waals surface area contributed by atoms with Crippen LogP contribution in [0, 0.1) is 5.41 Å². The van der Waals surface area contributed by atoms with Gasteiger partial charge in [0.05, 0.1) is 0 Å². The Morgan fingerprint density at radius 1 is 1.11 bits per heavy atom. The van der Waals surface area contributed by atoms with E-state index in [1.54, 1.807) is 0 Å². The van der Waals surface area contributed by atoms with Crippen LogP contribution in [-0.4, -0.2) is 37.5 Å². The van der Waals surface area contributed by atoms with Crippen molar-refractivity contribution in [1.82, 2.24) is 10.2 Å². The van der Waals surface area contributed by atoms with Crippen LogP contribution < -0.4 is 5.32 Å². The third-order valence-corrected chi connectivity index (χ3v) is 4.67. The summed E-state index contributed by atoms with van der Waals surface area (Å²) in [6, 6.07) is 0. The summed E-state index contributed by atoms with van der Waals surface area (Å²) < 4.78 is 0. The molecule has 0 radical (unpaired) electrons. The maximum atomic E-state index is 4.43. The molecular weight excluding hydrogens is 222 g/mol. The zero-order valence-electron chi connectivity index (χ0n) is 12.2. The zero-order chi connectivity index (χ0) is 12.8. The summed E-state index contributed by atoms with van der Waals surface area (Å²) in [6.07, 6.45) is 11.4. The fourth-order valence-corrected chi connectivity index (χ4v) is 3.77. The van der Waals surface area contributed by atoms with Crippen LogP contribution >= 0.6 is 0 Å². The second-order valence-corrected chi connectivity index (χ2v) is 6.02. The topological polar surface area (TPSA) is 27.6 Å². The monoisotopic (exact) mass is 251 g/mol. The van der Waals surface area contributed by atoms with Crippen LogP contribution in [0.3, 0.4) is 0 Å². The molecule has 1 N–H and O–H groups in total. The molecule has 2 fully saturated rings. The second kappa shape index (κ2) is 6.44. The lowest BCUT2D eigenvalue weighted by atomic mass is 9.74. The highest BCUT2D eigenvalue weighted by atomic mass is 15.3. The summed E-state index contributed by atoms with van der Waals surface area (Å²) in [6.45, 7) is 5.53. The Morgan fingerprint density at radius 2 is 1.78 bits per heavy atom. The molecule has 0 aromatic carbocycles. The SMILES string of the molecule is CCNC(=NC)N1CCCC2(CCCCCC2)C1. The Labute approximate surface area is 112 Å². The maximum Gasteiger partial charge on any atom is 0.193 e. The van der Waals surface area contributed by atoms with Gasteiger partial charge in [0.1, 0.15) is 0 Å². The summed E-state index contributed by atoms with van der Waals surface area (Å²) in [5, 5.41) is 3.42. The molecule has 0 unspecified atom stereocenters. The fraction of sp³-hybridized carbons (Fsp3) is 0.933. The van der Waals surface area contributed by atoms with E-state index >= 15 is 0 Å². The van der Waals surface area contributed by atoms with E-state index < -0.39 is 0 Å². The van der Waals surface area contributed by atoms with E-state index in [9.17, 15) is 0 Å². The summed E-state index contributed by atoms with van der Waals surface area (Å²) in [5.41, 5.74) is 0.597. The smallest absolute Gasteiger partial charge is 0.193 e. The van der Waals surface area contributed by atoms with Crippen molar-refractivity contribution in [2.24, 2.45) is 10.4 Å². The first-order chi connectivity index (χ1) is 8.79. The van der Waals surface area contributed by atoms with E-state index in [0.717, 1.165) is 12.5 Å². The van der Waals surface area contributed by atoms with Crippen molar-refractivity contribution in [1.29, 1.82) is 0 Å². The minimum Gasteiger partial charge on any atom is -0.357 e. The van der Waals surface area contributed by atoms with Crippen LogP contribution in [0.2, 0.25) is 0 Å². The van der Waals surface area contributed by atoms with Crippen LogP contribution in [-0.2, 0) is 0 Å². The Morgan fingerprint density at radius 3 is 2.39 bits per heavy atom. The quantitative estimate of drug-likeness (QED) is 0.573. The predicted molar refractivity (Wildman–Crippen MR) is 78.0 cm³/mol. The number of guanidine groups is 1. The highest BCUT2D eigenvalue weighted by Gasteiger charge is 2.36. The van der Waals surface area contributed by atoms with Crippen LogP contribution in [0.25, 0.3) is 0 Å². The van der Waals surface area contributed by atoms with E-state index in [1.807, 2.05) is 7.05 Å². The van der Waals surface area contributed by atoms with E-state index in [0.29, 0.717) is 5.41 Å². The van der Waals surface area contributed by atoms with E-state index in [4.69, 9.17) is 0 Å². The molecule has 18 heavy (non-hydrogen) atoms. The summed E-state index contributed by atoms with van der Waals surface area (Å²) in [5.74, 6) is 1.11. The molecule has 2 aliphatic rings. The van der Waals surface area contributed by atoms with Gasteiger partial charge in [-0.2, -0.15) is 0 Å². The number of nitrogens with one attached hydrogen (secondary N) is 1. The Kier molecular flexibility index (Phi) is 4.90. The molecule has 3 heteroatoms. The molecule has 0 atom stereocenters. The molecule has 1 saturated heterocycles. The molecule has 104 valence electrons. The van der Waals surface area contributed by atoms with Gasteiger partial charge in [-0.05, 0) is 38.0 Å². The highest BCUT2D eigenvalue weighted by Crippen LogP contribution is 2.42. The van der Waals surface area contributed by atoms with Gasteiger partial charge in [-0.15, -0.1) is 0 Å². The average molecular weight is 251 g/mol. The molecule has 1 saturated carbocycles. The van der Waals surface area contributed by atoms with Crippen LogP contribution in [0.4, 0.5) is 0 Å². The van der Waals surface area contributed by atoms with Gasteiger partial charge >= 0.3 is 0 Å². The van der Waals surface area contributed by atoms with E-state index in [-0.39, 0.29) is 0 Å². The number of nitrogens with zero attached hydrogens (tertiary/aromatic N) is 2. The normalized spacial score (nSPS) is 25.0. The number of piperidine rings is 1. The van der Waals surface area contributed by atoms with Crippen molar-refractivity contribution in [3.63, 3.8) is 0 Å². The molecule has 1 spiro atoms. The molecule has 0 aromatic heterocycles. The second-order valence-electron chi connectivity index (χ2n) is 6.02. The molecule has 3 nitrogen and oxygen atoms in total. The minimum atomic E-state index is 0.597. The lowest BCUT2D eigenvalue weighted by molar-refractivity contribution is 0.115. The van der Waals surface area contributed by atoms with Crippen molar-refractivity contribution in [2.45, 2.75) is 58.3 Å². The standard InChI is InChI=1S/C15H29N3/c1-3-17-14(16-2)18-12-8-11-15(13-18)9-6-4-5-7-10-15/h3-13H2,1-2H3,(H,16,17). The molecule has 2 rings (SSSR count). The Hall–Kier alpha value is -0.730. The first kappa shape index (κ1) is 13.7.